The van der Waals surface area contributed by atoms with E-state index in [1.54, 1.807) is 11.9 Å². The smallest absolute Gasteiger partial charge is 0.319 e. The Labute approximate surface area is 136 Å². The van der Waals surface area contributed by atoms with Gasteiger partial charge in [-0.1, -0.05) is 30.3 Å². The molecule has 132 valence electrons. The van der Waals surface area contributed by atoms with Gasteiger partial charge in [-0.05, 0) is 32.0 Å². The molecule has 0 spiro atoms. The lowest BCUT2D eigenvalue weighted by Gasteiger charge is -2.24. The standard InChI is InChI=1S/C13H21NO7S2/c1-14(10-5-8-12-6-3-2-4-7-12)11-9-13(15,22(16,17)18)23(19,20)21/h2-4,6-7,15H,5,8-11H2,1H3,(H,16,17,18)(H,19,20,21). The first-order chi connectivity index (χ1) is 10.5. The Hall–Kier alpha value is -1.04. The van der Waals surface area contributed by atoms with Crippen LogP contribution in [0.1, 0.15) is 18.4 Å². The molecule has 0 bridgehead atoms. The van der Waals surface area contributed by atoms with Crippen LogP contribution in [0.15, 0.2) is 30.3 Å². The summed E-state index contributed by atoms with van der Waals surface area (Å²) in [5, 5.41) is 9.63. The first-order valence-corrected chi connectivity index (χ1v) is 9.74. The molecule has 0 saturated carbocycles. The van der Waals surface area contributed by atoms with Gasteiger partial charge in [-0.25, -0.2) is 0 Å². The second-order valence-electron chi connectivity index (χ2n) is 5.31. The van der Waals surface area contributed by atoms with Crippen molar-refractivity contribution in [1.82, 2.24) is 4.90 Å². The van der Waals surface area contributed by atoms with Crippen LogP contribution in [0.2, 0.25) is 0 Å². The molecule has 8 nitrogen and oxygen atoms in total. The first kappa shape index (κ1) is 20.0. The summed E-state index contributed by atoms with van der Waals surface area (Å²) >= 11 is 0. The Balaban J connectivity index is 2.55. The Bertz CT molecular complexity index is 669. The van der Waals surface area contributed by atoms with Crippen LogP contribution >= 0.6 is 0 Å². The Kier molecular flexibility index (Phi) is 6.69. The molecule has 10 heteroatoms. The predicted octanol–water partition coefficient (Wildman–Crippen LogP) is 0.363. The second-order valence-corrected chi connectivity index (χ2v) is 8.81. The number of aryl methyl sites for hydroxylation is 1. The average molecular weight is 367 g/mol. The van der Waals surface area contributed by atoms with Crippen LogP contribution < -0.4 is 0 Å². The predicted molar refractivity (Wildman–Crippen MR) is 84.9 cm³/mol. The van der Waals surface area contributed by atoms with Crippen molar-refractivity contribution in [2.24, 2.45) is 0 Å². The zero-order valence-corrected chi connectivity index (χ0v) is 14.3. The van der Waals surface area contributed by atoms with Gasteiger partial charge in [0.25, 0.3) is 0 Å². The van der Waals surface area contributed by atoms with Crippen LogP contribution in [0.5, 0.6) is 0 Å². The van der Waals surface area contributed by atoms with Crippen molar-refractivity contribution in [3.8, 4) is 0 Å². The number of benzene rings is 1. The van der Waals surface area contributed by atoms with Crippen LogP contribution in [0.25, 0.3) is 0 Å². The van der Waals surface area contributed by atoms with Crippen molar-refractivity contribution >= 4 is 20.2 Å². The van der Waals surface area contributed by atoms with Crippen LogP contribution in [0.4, 0.5) is 0 Å². The fraction of sp³-hybridized carbons (Fsp3) is 0.538. The highest BCUT2D eigenvalue weighted by Crippen LogP contribution is 2.24. The summed E-state index contributed by atoms with van der Waals surface area (Å²) in [6, 6.07) is 9.67. The van der Waals surface area contributed by atoms with Crippen molar-refractivity contribution < 1.29 is 31.0 Å². The van der Waals surface area contributed by atoms with Gasteiger partial charge in [0.2, 0.25) is 0 Å². The topological polar surface area (TPSA) is 132 Å². The van der Waals surface area contributed by atoms with Crippen molar-refractivity contribution in [2.45, 2.75) is 23.5 Å². The SMILES string of the molecule is CN(CCCc1ccccc1)CCC(O)(S(=O)(=O)O)S(=O)(=O)O. The maximum absolute atomic E-state index is 11.1. The molecule has 1 aromatic carbocycles. The van der Waals surface area contributed by atoms with Gasteiger partial charge >= 0.3 is 24.5 Å². The molecule has 1 aromatic rings. The lowest BCUT2D eigenvalue weighted by Crippen LogP contribution is -2.47. The summed E-state index contributed by atoms with van der Waals surface area (Å²) in [4.78, 5) is 1.60. The van der Waals surface area contributed by atoms with Crippen molar-refractivity contribution in [3.63, 3.8) is 0 Å². The molecule has 0 unspecified atom stereocenters. The summed E-state index contributed by atoms with van der Waals surface area (Å²) in [6.45, 7) is 0.368. The van der Waals surface area contributed by atoms with Crippen LogP contribution in [-0.4, -0.2) is 60.3 Å². The Morgan fingerprint density at radius 2 is 1.52 bits per heavy atom. The fourth-order valence-corrected chi connectivity index (χ4v) is 3.80. The molecular weight excluding hydrogens is 346 g/mol. The summed E-state index contributed by atoms with van der Waals surface area (Å²) in [6.07, 6.45) is 0.648. The van der Waals surface area contributed by atoms with E-state index in [9.17, 15) is 21.9 Å². The molecule has 0 radical (unpaired) electrons. The Morgan fingerprint density at radius 3 is 2.00 bits per heavy atom. The van der Waals surface area contributed by atoms with E-state index in [-0.39, 0.29) is 6.54 Å². The van der Waals surface area contributed by atoms with Crippen molar-refractivity contribution in [1.29, 1.82) is 0 Å². The number of hydrogen-bond donors (Lipinski definition) is 3. The van der Waals surface area contributed by atoms with Crippen LogP contribution in [-0.2, 0) is 26.7 Å². The molecule has 0 amide bonds. The zero-order chi connectivity index (χ0) is 17.7. The van der Waals surface area contributed by atoms with Gasteiger partial charge in [-0.15, -0.1) is 0 Å². The molecule has 0 aliphatic carbocycles. The van der Waals surface area contributed by atoms with Gasteiger partial charge in [0.1, 0.15) is 0 Å². The lowest BCUT2D eigenvalue weighted by atomic mass is 10.1. The van der Waals surface area contributed by atoms with E-state index in [0.29, 0.717) is 6.54 Å². The van der Waals surface area contributed by atoms with E-state index in [2.05, 4.69) is 0 Å². The largest absolute Gasteiger partial charge is 0.359 e. The molecule has 0 fully saturated rings. The summed E-state index contributed by atoms with van der Waals surface area (Å²) in [5.74, 6) is 0. The highest BCUT2D eigenvalue weighted by atomic mass is 32.3. The molecule has 0 heterocycles. The third-order valence-electron chi connectivity index (χ3n) is 3.46. The van der Waals surface area contributed by atoms with Crippen molar-refractivity contribution in [2.75, 3.05) is 20.1 Å². The summed E-state index contributed by atoms with van der Waals surface area (Å²) in [7, 11) is -9.17. The number of nitrogens with zero attached hydrogens (tertiary/aromatic N) is 1. The molecule has 0 aromatic heterocycles. The average Bonchev–Trinajstić information content (AvgIpc) is 2.43. The fourth-order valence-electron chi connectivity index (χ4n) is 2.03. The van der Waals surface area contributed by atoms with Gasteiger partial charge in [-0.3, -0.25) is 9.11 Å². The lowest BCUT2D eigenvalue weighted by molar-refractivity contribution is 0.151. The van der Waals surface area contributed by atoms with Gasteiger partial charge in [-0.2, -0.15) is 16.8 Å². The van der Waals surface area contributed by atoms with Gasteiger partial charge < -0.3 is 10.0 Å². The molecule has 0 saturated heterocycles. The minimum Gasteiger partial charge on any atom is -0.359 e. The normalized spacial score (nSPS) is 13.4. The Morgan fingerprint density at radius 1 is 1.00 bits per heavy atom. The number of hydrogen-bond acceptors (Lipinski definition) is 6. The monoisotopic (exact) mass is 367 g/mol. The van der Waals surface area contributed by atoms with Crippen LogP contribution in [0.3, 0.4) is 0 Å². The maximum atomic E-state index is 11.1. The summed E-state index contributed by atoms with van der Waals surface area (Å²) in [5.41, 5.74) is 1.13. The molecular formula is C13H21NO7S2. The maximum Gasteiger partial charge on any atom is 0.319 e. The molecule has 1 rings (SSSR count). The van der Waals surface area contributed by atoms with E-state index < -0.39 is 30.9 Å². The molecule has 0 aliphatic rings. The molecule has 0 atom stereocenters. The molecule has 23 heavy (non-hydrogen) atoms. The van der Waals surface area contributed by atoms with Crippen molar-refractivity contribution in [3.05, 3.63) is 35.9 Å². The number of rotatable bonds is 9. The van der Waals surface area contributed by atoms with Crippen LogP contribution in [0, 0.1) is 0 Å². The third-order valence-corrected chi connectivity index (χ3v) is 6.75. The summed E-state index contributed by atoms with van der Waals surface area (Å²) < 4.78 is 58.4. The minimum absolute atomic E-state index is 0.148. The van der Waals surface area contributed by atoms with Gasteiger partial charge in [0, 0.05) is 13.0 Å². The second kappa shape index (κ2) is 7.69. The van der Waals surface area contributed by atoms with E-state index in [0.717, 1.165) is 18.4 Å². The molecule has 3 N–H and O–H groups in total. The minimum atomic E-state index is -5.39. The molecule has 0 aliphatic heterocycles. The first-order valence-electron chi connectivity index (χ1n) is 6.86. The van der Waals surface area contributed by atoms with E-state index in [1.165, 1.54) is 0 Å². The van der Waals surface area contributed by atoms with Gasteiger partial charge in [0.15, 0.2) is 0 Å². The van der Waals surface area contributed by atoms with E-state index in [4.69, 9.17) is 9.11 Å². The third kappa shape index (κ3) is 5.52. The van der Waals surface area contributed by atoms with E-state index in [1.807, 2.05) is 30.3 Å². The number of aliphatic hydroxyl groups is 1. The van der Waals surface area contributed by atoms with E-state index >= 15 is 0 Å². The highest BCUT2D eigenvalue weighted by Gasteiger charge is 2.52. The quantitative estimate of drug-likeness (QED) is 0.533. The van der Waals surface area contributed by atoms with Gasteiger partial charge in [0.05, 0.1) is 0 Å². The zero-order valence-electron chi connectivity index (χ0n) is 12.7. The highest BCUT2D eigenvalue weighted by molar-refractivity contribution is 8.04.